The van der Waals surface area contributed by atoms with Crippen molar-refractivity contribution < 1.29 is 19.4 Å². The molecule has 1 aliphatic heterocycles. The molecule has 0 spiro atoms. The van der Waals surface area contributed by atoms with E-state index in [2.05, 4.69) is 15.3 Å². The van der Waals surface area contributed by atoms with E-state index in [1.807, 2.05) is 0 Å². The summed E-state index contributed by atoms with van der Waals surface area (Å²) in [5.74, 6) is -0.868. The van der Waals surface area contributed by atoms with Crippen LogP contribution in [0.25, 0.3) is 0 Å². The fraction of sp³-hybridized carbons (Fsp3) is 0.545. The molecule has 98 valence electrons. The Morgan fingerprint density at radius 2 is 2.39 bits per heavy atom. The largest absolute Gasteiger partial charge is 0.476 e. The lowest BCUT2D eigenvalue weighted by Gasteiger charge is -2.26. The highest BCUT2D eigenvalue weighted by molar-refractivity contribution is 5.90. The predicted octanol–water partition coefficient (Wildman–Crippen LogP) is 0.392. The van der Waals surface area contributed by atoms with Gasteiger partial charge in [0.1, 0.15) is 5.60 Å². The molecule has 1 fully saturated rings. The summed E-state index contributed by atoms with van der Waals surface area (Å²) < 4.78 is 10.7. The minimum Gasteiger partial charge on any atom is -0.476 e. The number of aromatic nitrogens is 2. The van der Waals surface area contributed by atoms with Gasteiger partial charge in [-0.2, -0.15) is 0 Å². The number of hydrogen-bond acceptors (Lipinski definition) is 6. The zero-order valence-corrected chi connectivity index (χ0v) is 10.0. The highest BCUT2D eigenvalue weighted by atomic mass is 16.5. The molecular formula is C11H15N3O4. The molecular weight excluding hydrogens is 238 g/mol. The van der Waals surface area contributed by atoms with Gasteiger partial charge in [-0.05, 0) is 0 Å². The van der Waals surface area contributed by atoms with Crippen LogP contribution in [0.5, 0.6) is 0 Å². The van der Waals surface area contributed by atoms with Gasteiger partial charge in [0.05, 0.1) is 6.61 Å². The number of aromatic carboxylic acids is 1. The molecule has 1 atom stereocenters. The van der Waals surface area contributed by atoms with Gasteiger partial charge in [-0.3, -0.25) is 0 Å². The lowest BCUT2D eigenvalue weighted by molar-refractivity contribution is -0.00628. The molecule has 7 heteroatoms. The van der Waals surface area contributed by atoms with E-state index < -0.39 is 11.6 Å². The van der Waals surface area contributed by atoms with Crippen LogP contribution in [0, 0.1) is 0 Å². The Labute approximate surface area is 104 Å². The van der Waals surface area contributed by atoms with Gasteiger partial charge in [-0.25, -0.2) is 14.8 Å². The van der Waals surface area contributed by atoms with Crippen molar-refractivity contribution >= 4 is 11.8 Å². The summed E-state index contributed by atoms with van der Waals surface area (Å²) in [6.45, 7) is 1.56. The molecule has 2 rings (SSSR count). The second kappa shape index (κ2) is 5.28. The van der Waals surface area contributed by atoms with Crippen LogP contribution in [0.3, 0.4) is 0 Å². The molecule has 1 saturated heterocycles. The molecule has 1 aromatic rings. The zero-order chi connectivity index (χ0) is 13.0. The number of nitrogens with zero attached hydrogens (tertiary/aromatic N) is 2. The molecule has 1 unspecified atom stereocenters. The highest BCUT2D eigenvalue weighted by Crippen LogP contribution is 2.23. The third-order valence-electron chi connectivity index (χ3n) is 2.98. The monoisotopic (exact) mass is 253 g/mol. The van der Waals surface area contributed by atoms with Crippen LogP contribution in [-0.2, 0) is 9.47 Å². The summed E-state index contributed by atoms with van der Waals surface area (Å²) in [6, 6.07) is 0. The maximum absolute atomic E-state index is 11.0. The number of carbonyl (C=O) groups is 1. The van der Waals surface area contributed by atoms with E-state index in [1.54, 1.807) is 7.11 Å². The van der Waals surface area contributed by atoms with Gasteiger partial charge >= 0.3 is 5.97 Å². The average molecular weight is 253 g/mol. The Balaban J connectivity index is 2.08. The van der Waals surface area contributed by atoms with Gasteiger partial charge in [-0.15, -0.1) is 0 Å². The second-order valence-electron chi connectivity index (χ2n) is 4.10. The third-order valence-corrected chi connectivity index (χ3v) is 2.98. The molecule has 0 amide bonds. The first kappa shape index (κ1) is 12.7. The molecule has 0 bridgehead atoms. The SMILES string of the molecule is COC1(CNc2nccnc2C(=O)O)CCOC1. The lowest BCUT2D eigenvalue weighted by atomic mass is 10.0. The van der Waals surface area contributed by atoms with Crippen molar-refractivity contribution in [2.45, 2.75) is 12.0 Å². The van der Waals surface area contributed by atoms with Crippen molar-refractivity contribution in [2.24, 2.45) is 0 Å². The van der Waals surface area contributed by atoms with Gasteiger partial charge in [-0.1, -0.05) is 0 Å². The van der Waals surface area contributed by atoms with Gasteiger partial charge in [0, 0.05) is 39.1 Å². The topological polar surface area (TPSA) is 93.6 Å². The van der Waals surface area contributed by atoms with Crippen molar-refractivity contribution in [3.8, 4) is 0 Å². The van der Waals surface area contributed by atoms with Crippen LogP contribution < -0.4 is 5.32 Å². The third kappa shape index (κ3) is 2.57. The molecule has 1 aromatic heterocycles. The summed E-state index contributed by atoms with van der Waals surface area (Å²) in [5.41, 5.74) is -0.518. The van der Waals surface area contributed by atoms with Crippen molar-refractivity contribution in [3.63, 3.8) is 0 Å². The van der Waals surface area contributed by atoms with Crippen LogP contribution >= 0.6 is 0 Å². The van der Waals surface area contributed by atoms with E-state index >= 15 is 0 Å². The lowest BCUT2D eigenvalue weighted by Crippen LogP contribution is -2.40. The Kier molecular flexibility index (Phi) is 3.73. The summed E-state index contributed by atoms with van der Waals surface area (Å²) in [5, 5.41) is 11.9. The predicted molar refractivity (Wildman–Crippen MR) is 62.7 cm³/mol. The summed E-state index contributed by atoms with van der Waals surface area (Å²) in [6.07, 6.45) is 3.55. The van der Waals surface area contributed by atoms with Crippen molar-refractivity contribution in [2.75, 3.05) is 32.2 Å². The van der Waals surface area contributed by atoms with Crippen LogP contribution in [-0.4, -0.2) is 53.5 Å². The smallest absolute Gasteiger partial charge is 0.358 e. The fourth-order valence-electron chi connectivity index (χ4n) is 1.83. The molecule has 1 aliphatic rings. The van der Waals surface area contributed by atoms with E-state index in [0.29, 0.717) is 19.8 Å². The van der Waals surface area contributed by atoms with Crippen LogP contribution in [0.2, 0.25) is 0 Å². The number of hydrogen-bond donors (Lipinski definition) is 2. The second-order valence-corrected chi connectivity index (χ2v) is 4.10. The standard InChI is InChI=1S/C11H15N3O4/c1-17-11(2-5-18-7-11)6-14-9-8(10(15)16)12-3-4-13-9/h3-4H,2,5-7H2,1H3,(H,13,14)(H,15,16). The molecule has 2 N–H and O–H groups in total. The number of carboxylic acids is 1. The van der Waals surface area contributed by atoms with Crippen LogP contribution in [0.1, 0.15) is 16.9 Å². The van der Waals surface area contributed by atoms with E-state index in [1.165, 1.54) is 12.4 Å². The Bertz CT molecular complexity index is 432. The van der Waals surface area contributed by atoms with E-state index in [9.17, 15) is 4.79 Å². The molecule has 0 radical (unpaired) electrons. The first-order valence-electron chi connectivity index (χ1n) is 5.58. The van der Waals surface area contributed by atoms with Crippen molar-refractivity contribution in [1.29, 1.82) is 0 Å². The normalized spacial score (nSPS) is 22.9. The van der Waals surface area contributed by atoms with Gasteiger partial charge in [0.25, 0.3) is 0 Å². The Morgan fingerprint density at radius 1 is 1.61 bits per heavy atom. The highest BCUT2D eigenvalue weighted by Gasteiger charge is 2.35. The van der Waals surface area contributed by atoms with E-state index in [0.717, 1.165) is 6.42 Å². The molecule has 18 heavy (non-hydrogen) atoms. The number of rotatable bonds is 5. The molecule has 0 aliphatic carbocycles. The van der Waals surface area contributed by atoms with Crippen LogP contribution in [0.15, 0.2) is 12.4 Å². The summed E-state index contributed by atoms with van der Waals surface area (Å²) in [4.78, 5) is 18.7. The van der Waals surface area contributed by atoms with Crippen molar-refractivity contribution in [1.82, 2.24) is 9.97 Å². The molecule has 7 nitrogen and oxygen atoms in total. The number of ether oxygens (including phenoxy) is 2. The number of nitrogens with one attached hydrogen (secondary N) is 1. The van der Waals surface area contributed by atoms with Gasteiger partial charge in [0.2, 0.25) is 0 Å². The zero-order valence-electron chi connectivity index (χ0n) is 10.0. The summed E-state index contributed by atoms with van der Waals surface area (Å²) in [7, 11) is 1.62. The molecule has 0 saturated carbocycles. The van der Waals surface area contributed by atoms with E-state index in [-0.39, 0.29) is 11.5 Å². The molecule has 0 aromatic carbocycles. The van der Waals surface area contributed by atoms with E-state index in [4.69, 9.17) is 14.6 Å². The minimum atomic E-state index is -1.11. The Hall–Kier alpha value is -1.73. The molecule has 2 heterocycles. The van der Waals surface area contributed by atoms with Gasteiger partial charge < -0.3 is 19.9 Å². The Morgan fingerprint density at radius 3 is 3.00 bits per heavy atom. The quantitative estimate of drug-likeness (QED) is 0.784. The van der Waals surface area contributed by atoms with Crippen LogP contribution in [0.4, 0.5) is 5.82 Å². The van der Waals surface area contributed by atoms with Gasteiger partial charge in [0.15, 0.2) is 11.5 Å². The fourth-order valence-corrected chi connectivity index (χ4v) is 1.83. The summed E-state index contributed by atoms with van der Waals surface area (Å²) >= 11 is 0. The first-order chi connectivity index (χ1) is 8.67. The number of anilines is 1. The first-order valence-corrected chi connectivity index (χ1v) is 5.58. The minimum absolute atomic E-state index is 0.0948. The maximum atomic E-state index is 11.0. The van der Waals surface area contributed by atoms with Crippen molar-refractivity contribution in [3.05, 3.63) is 18.1 Å². The average Bonchev–Trinajstić information content (AvgIpc) is 2.86. The number of methoxy groups -OCH3 is 1. The maximum Gasteiger partial charge on any atom is 0.358 e. The number of carboxylic acid groups (broad SMARTS) is 1.